The number of ether oxygens (including phenoxy) is 1. The Morgan fingerprint density at radius 1 is 1.31 bits per heavy atom. The molecule has 2 nitrogen and oxygen atoms in total. The largest absolute Gasteiger partial charge is 0.380 e. The zero-order chi connectivity index (χ0) is 9.47. The van der Waals surface area contributed by atoms with Gasteiger partial charge >= 0.3 is 0 Å². The van der Waals surface area contributed by atoms with Gasteiger partial charge in [-0.15, -0.1) is 0 Å². The quantitative estimate of drug-likeness (QED) is 0.713. The highest BCUT2D eigenvalue weighted by Gasteiger charge is 2.40. The zero-order valence-electron chi connectivity index (χ0n) is 6.76. The highest BCUT2D eigenvalue weighted by molar-refractivity contribution is 5.27. The normalized spacial score (nSPS) is 19.6. The molecule has 1 aromatic carbocycles. The molecule has 0 atom stereocenters. The lowest BCUT2D eigenvalue weighted by atomic mass is 9.91. The van der Waals surface area contributed by atoms with Gasteiger partial charge in [0.25, 0.3) is 0 Å². The molecule has 4 heteroatoms. The van der Waals surface area contributed by atoms with Gasteiger partial charge in [-0.2, -0.15) is 0 Å². The minimum absolute atomic E-state index is 0.0212. The van der Waals surface area contributed by atoms with Crippen LogP contribution in [0, 0.1) is 11.6 Å². The molecule has 0 aliphatic carbocycles. The van der Waals surface area contributed by atoms with Gasteiger partial charge in [-0.05, 0) is 6.07 Å². The van der Waals surface area contributed by atoms with Crippen LogP contribution in [0.5, 0.6) is 0 Å². The first-order valence-electron chi connectivity index (χ1n) is 3.88. The summed E-state index contributed by atoms with van der Waals surface area (Å²) in [5.41, 5.74) is -1.37. The summed E-state index contributed by atoms with van der Waals surface area (Å²) in [5, 5.41) is 9.65. The lowest BCUT2D eigenvalue weighted by Gasteiger charge is -2.36. The first-order valence-corrected chi connectivity index (χ1v) is 3.88. The standard InChI is InChI=1S/C9H8F2O2/c10-7-3-1-2-6(8(7)11)9(12)4-13-5-9/h1-3,12H,4-5H2. The third-order valence-electron chi connectivity index (χ3n) is 2.13. The average molecular weight is 186 g/mol. The van der Waals surface area contributed by atoms with Crippen LogP contribution in [0.25, 0.3) is 0 Å². The first-order chi connectivity index (χ1) is 6.13. The van der Waals surface area contributed by atoms with Crippen LogP contribution < -0.4 is 0 Å². The summed E-state index contributed by atoms with van der Waals surface area (Å²) in [4.78, 5) is 0. The van der Waals surface area contributed by atoms with Crippen molar-refractivity contribution in [2.45, 2.75) is 5.60 Å². The van der Waals surface area contributed by atoms with Crippen molar-refractivity contribution in [3.05, 3.63) is 35.4 Å². The molecule has 0 radical (unpaired) electrons. The van der Waals surface area contributed by atoms with Gasteiger partial charge in [-0.25, -0.2) is 8.78 Å². The van der Waals surface area contributed by atoms with Crippen molar-refractivity contribution in [3.8, 4) is 0 Å². The number of benzene rings is 1. The van der Waals surface area contributed by atoms with E-state index in [1.165, 1.54) is 12.1 Å². The first kappa shape index (κ1) is 8.59. The van der Waals surface area contributed by atoms with Crippen molar-refractivity contribution in [3.63, 3.8) is 0 Å². The van der Waals surface area contributed by atoms with Crippen LogP contribution in [0.4, 0.5) is 8.78 Å². The van der Waals surface area contributed by atoms with E-state index >= 15 is 0 Å². The molecule has 13 heavy (non-hydrogen) atoms. The monoisotopic (exact) mass is 186 g/mol. The van der Waals surface area contributed by atoms with Gasteiger partial charge in [0.15, 0.2) is 11.6 Å². The molecule has 1 heterocycles. The zero-order valence-corrected chi connectivity index (χ0v) is 6.76. The summed E-state index contributed by atoms with van der Waals surface area (Å²) in [6.07, 6.45) is 0. The topological polar surface area (TPSA) is 29.5 Å². The van der Waals surface area contributed by atoms with Crippen molar-refractivity contribution in [1.29, 1.82) is 0 Å². The lowest BCUT2D eigenvalue weighted by molar-refractivity contribution is -0.186. The molecule has 1 fully saturated rings. The Kier molecular flexibility index (Phi) is 1.82. The average Bonchev–Trinajstić information content (AvgIpc) is 2.06. The van der Waals surface area contributed by atoms with E-state index in [0.717, 1.165) is 6.07 Å². The third kappa shape index (κ3) is 1.22. The molecule has 1 saturated heterocycles. The molecule has 0 unspecified atom stereocenters. The van der Waals surface area contributed by atoms with Crippen LogP contribution in [0.2, 0.25) is 0 Å². The molecule has 2 rings (SSSR count). The van der Waals surface area contributed by atoms with Crippen molar-refractivity contribution >= 4 is 0 Å². The number of rotatable bonds is 1. The minimum atomic E-state index is -1.34. The SMILES string of the molecule is OC1(c2cccc(F)c2F)COC1. The van der Waals surface area contributed by atoms with Crippen LogP contribution in [-0.4, -0.2) is 18.3 Å². The van der Waals surface area contributed by atoms with Crippen molar-refractivity contribution < 1.29 is 18.6 Å². The van der Waals surface area contributed by atoms with E-state index < -0.39 is 17.2 Å². The maximum atomic E-state index is 13.1. The molecule has 0 bridgehead atoms. The van der Waals surface area contributed by atoms with E-state index in [9.17, 15) is 13.9 Å². The second kappa shape index (κ2) is 2.75. The second-order valence-corrected chi connectivity index (χ2v) is 3.13. The molecule has 70 valence electrons. The van der Waals surface area contributed by atoms with E-state index in [1.807, 2.05) is 0 Å². The minimum Gasteiger partial charge on any atom is -0.380 e. The lowest BCUT2D eigenvalue weighted by Crippen LogP contribution is -2.47. The van der Waals surface area contributed by atoms with Gasteiger partial charge in [0.05, 0.1) is 13.2 Å². The predicted molar refractivity (Wildman–Crippen MR) is 41.1 cm³/mol. The number of hydrogen-bond donors (Lipinski definition) is 1. The van der Waals surface area contributed by atoms with Gasteiger partial charge in [0.1, 0.15) is 5.60 Å². The van der Waals surface area contributed by atoms with Gasteiger partial charge in [-0.1, -0.05) is 12.1 Å². The fraction of sp³-hybridized carbons (Fsp3) is 0.333. The molecule has 0 aromatic heterocycles. The van der Waals surface area contributed by atoms with Crippen LogP contribution in [0.15, 0.2) is 18.2 Å². The third-order valence-corrected chi connectivity index (χ3v) is 2.13. The Bertz CT molecular complexity index is 334. The van der Waals surface area contributed by atoms with E-state index in [2.05, 4.69) is 0 Å². The molecule has 0 spiro atoms. The summed E-state index contributed by atoms with van der Waals surface area (Å²) < 4.78 is 30.6. The maximum Gasteiger partial charge on any atom is 0.165 e. The van der Waals surface area contributed by atoms with Gasteiger partial charge < -0.3 is 9.84 Å². The van der Waals surface area contributed by atoms with Gasteiger partial charge in [0, 0.05) is 5.56 Å². The Morgan fingerprint density at radius 2 is 2.00 bits per heavy atom. The Hall–Kier alpha value is -1.00. The molecule has 0 amide bonds. The van der Waals surface area contributed by atoms with Crippen molar-refractivity contribution in [2.75, 3.05) is 13.2 Å². The summed E-state index contributed by atoms with van der Waals surface area (Å²) in [6, 6.07) is 3.74. The van der Waals surface area contributed by atoms with Crippen LogP contribution in [0.1, 0.15) is 5.56 Å². The number of aliphatic hydroxyl groups is 1. The van der Waals surface area contributed by atoms with Crippen LogP contribution in [-0.2, 0) is 10.3 Å². The van der Waals surface area contributed by atoms with Gasteiger partial charge in [0.2, 0.25) is 0 Å². The summed E-state index contributed by atoms with van der Waals surface area (Å²) >= 11 is 0. The van der Waals surface area contributed by atoms with Gasteiger partial charge in [-0.3, -0.25) is 0 Å². The highest BCUT2D eigenvalue weighted by atomic mass is 19.2. The molecular formula is C9H8F2O2. The summed E-state index contributed by atoms with van der Waals surface area (Å²) in [5.74, 6) is -1.94. The van der Waals surface area contributed by atoms with Crippen LogP contribution in [0.3, 0.4) is 0 Å². The number of halogens is 2. The molecule has 1 aromatic rings. The van der Waals surface area contributed by atoms with E-state index in [-0.39, 0.29) is 18.8 Å². The molecule has 1 aliphatic rings. The summed E-state index contributed by atoms with van der Waals surface area (Å²) in [7, 11) is 0. The molecule has 1 N–H and O–H groups in total. The highest BCUT2D eigenvalue weighted by Crippen LogP contribution is 2.31. The fourth-order valence-electron chi connectivity index (χ4n) is 1.31. The fourth-order valence-corrected chi connectivity index (χ4v) is 1.31. The Morgan fingerprint density at radius 3 is 2.54 bits per heavy atom. The molecular weight excluding hydrogens is 178 g/mol. The maximum absolute atomic E-state index is 13.1. The molecule has 1 aliphatic heterocycles. The predicted octanol–water partition coefficient (Wildman–Crippen LogP) is 1.18. The van der Waals surface area contributed by atoms with E-state index in [0.29, 0.717) is 0 Å². The number of hydrogen-bond acceptors (Lipinski definition) is 2. The van der Waals surface area contributed by atoms with Crippen molar-refractivity contribution in [2.24, 2.45) is 0 Å². The Labute approximate surface area is 73.8 Å². The molecule has 0 saturated carbocycles. The summed E-state index contributed by atoms with van der Waals surface area (Å²) in [6.45, 7) is 0.0424. The van der Waals surface area contributed by atoms with E-state index in [1.54, 1.807) is 0 Å². The smallest absolute Gasteiger partial charge is 0.165 e. The van der Waals surface area contributed by atoms with Crippen LogP contribution >= 0.6 is 0 Å². The second-order valence-electron chi connectivity index (χ2n) is 3.13. The van der Waals surface area contributed by atoms with Crippen molar-refractivity contribution in [1.82, 2.24) is 0 Å². The Balaban J connectivity index is 2.45. The van der Waals surface area contributed by atoms with E-state index in [4.69, 9.17) is 4.74 Å².